The fraction of sp³-hybridized carbons (Fsp3) is 0.692. The second kappa shape index (κ2) is 5.01. The summed E-state index contributed by atoms with van der Waals surface area (Å²) in [7, 11) is 0. The number of hydrogen-bond donors (Lipinski definition) is 2. The highest BCUT2D eigenvalue weighted by atomic mass is 16.2. The maximum Gasteiger partial charge on any atom is 0.325 e. The predicted molar refractivity (Wildman–Crippen MR) is 71.0 cm³/mol. The van der Waals surface area contributed by atoms with Crippen molar-refractivity contribution in [3.63, 3.8) is 0 Å². The van der Waals surface area contributed by atoms with Crippen LogP contribution in [0.5, 0.6) is 0 Å². The average molecular weight is 294 g/mol. The fourth-order valence-electron chi connectivity index (χ4n) is 3.19. The van der Waals surface area contributed by atoms with Crippen molar-refractivity contribution in [2.24, 2.45) is 5.41 Å². The van der Waals surface area contributed by atoms with Gasteiger partial charge in [-0.2, -0.15) is 0 Å². The zero-order valence-electron chi connectivity index (χ0n) is 11.7. The Kier molecular flexibility index (Phi) is 3.30. The van der Waals surface area contributed by atoms with Gasteiger partial charge < -0.3 is 15.5 Å². The lowest BCUT2D eigenvalue weighted by atomic mass is 9.77. The molecule has 0 atom stereocenters. The first-order valence-corrected chi connectivity index (χ1v) is 7.12. The summed E-state index contributed by atoms with van der Waals surface area (Å²) < 4.78 is 0. The van der Waals surface area contributed by atoms with Crippen LogP contribution in [0.4, 0.5) is 4.79 Å². The molecule has 8 heteroatoms. The number of amides is 5. The van der Waals surface area contributed by atoms with Gasteiger partial charge in [0.1, 0.15) is 6.54 Å². The maximum absolute atomic E-state index is 12.2. The highest BCUT2D eigenvalue weighted by Gasteiger charge is 2.42. The minimum Gasteiger partial charge on any atom is -0.356 e. The molecule has 8 nitrogen and oxygen atoms in total. The van der Waals surface area contributed by atoms with Crippen LogP contribution in [0.2, 0.25) is 0 Å². The Morgan fingerprint density at radius 1 is 1.14 bits per heavy atom. The van der Waals surface area contributed by atoms with E-state index in [2.05, 4.69) is 10.6 Å². The summed E-state index contributed by atoms with van der Waals surface area (Å²) in [5, 5.41) is 5.24. The van der Waals surface area contributed by atoms with Gasteiger partial charge in [0, 0.05) is 26.1 Å². The van der Waals surface area contributed by atoms with Crippen molar-refractivity contribution < 1.29 is 19.2 Å². The van der Waals surface area contributed by atoms with Gasteiger partial charge in [-0.15, -0.1) is 0 Å². The van der Waals surface area contributed by atoms with E-state index >= 15 is 0 Å². The van der Waals surface area contributed by atoms with E-state index < -0.39 is 6.03 Å². The molecule has 114 valence electrons. The van der Waals surface area contributed by atoms with E-state index in [0.29, 0.717) is 26.1 Å². The number of rotatable bonds is 2. The van der Waals surface area contributed by atoms with Crippen molar-refractivity contribution in [3.05, 3.63) is 0 Å². The summed E-state index contributed by atoms with van der Waals surface area (Å²) in [5.41, 5.74) is -0.0191. The number of likely N-dealkylation sites (tertiary alicyclic amines) is 1. The Bertz CT molecular complexity index is 494. The molecule has 3 rings (SSSR count). The molecule has 0 aromatic rings. The second-order valence-corrected chi connectivity index (χ2v) is 5.97. The Labute approximate surface area is 121 Å². The monoisotopic (exact) mass is 294 g/mol. The first-order valence-electron chi connectivity index (χ1n) is 7.12. The molecule has 3 heterocycles. The fourth-order valence-corrected chi connectivity index (χ4v) is 3.19. The highest BCUT2D eigenvalue weighted by molar-refractivity contribution is 6.04. The highest BCUT2D eigenvalue weighted by Crippen LogP contribution is 2.37. The van der Waals surface area contributed by atoms with Gasteiger partial charge in [-0.1, -0.05) is 0 Å². The van der Waals surface area contributed by atoms with Crippen LogP contribution in [-0.2, 0) is 14.4 Å². The van der Waals surface area contributed by atoms with Gasteiger partial charge in [0.15, 0.2) is 0 Å². The molecule has 3 aliphatic heterocycles. The normalized spacial score (nSPS) is 24.5. The summed E-state index contributed by atoms with van der Waals surface area (Å²) in [5.74, 6) is -0.505. The molecule has 0 aliphatic carbocycles. The smallest absolute Gasteiger partial charge is 0.325 e. The first kappa shape index (κ1) is 13.8. The number of carbonyl (C=O) groups excluding carboxylic acids is 4. The van der Waals surface area contributed by atoms with Gasteiger partial charge in [-0.3, -0.25) is 19.3 Å². The topological polar surface area (TPSA) is 98.8 Å². The van der Waals surface area contributed by atoms with E-state index in [1.807, 2.05) is 0 Å². The molecule has 1 spiro atoms. The Hall–Kier alpha value is -2.12. The quantitative estimate of drug-likeness (QED) is 0.616. The van der Waals surface area contributed by atoms with Gasteiger partial charge in [0.25, 0.3) is 5.91 Å². The minimum absolute atomic E-state index is 0.0191. The molecule has 3 aliphatic rings. The van der Waals surface area contributed by atoms with Crippen molar-refractivity contribution in [2.45, 2.75) is 19.3 Å². The number of urea groups is 1. The van der Waals surface area contributed by atoms with Crippen molar-refractivity contribution in [2.75, 3.05) is 32.7 Å². The van der Waals surface area contributed by atoms with Crippen LogP contribution in [0.1, 0.15) is 19.3 Å². The molecule has 0 bridgehead atoms. The van der Waals surface area contributed by atoms with E-state index in [9.17, 15) is 19.2 Å². The zero-order chi connectivity index (χ0) is 15.0. The van der Waals surface area contributed by atoms with Gasteiger partial charge in [-0.25, -0.2) is 4.79 Å². The molecule has 3 saturated heterocycles. The first-order chi connectivity index (χ1) is 9.99. The molecular weight excluding hydrogens is 276 g/mol. The summed E-state index contributed by atoms with van der Waals surface area (Å²) in [6, 6.07) is -0.507. The molecule has 21 heavy (non-hydrogen) atoms. The van der Waals surface area contributed by atoms with Crippen LogP contribution in [-0.4, -0.2) is 66.3 Å². The number of carbonyl (C=O) groups is 4. The summed E-state index contributed by atoms with van der Waals surface area (Å²) in [4.78, 5) is 49.1. The van der Waals surface area contributed by atoms with Crippen LogP contribution < -0.4 is 10.6 Å². The third kappa shape index (κ3) is 2.57. The Morgan fingerprint density at radius 2 is 1.86 bits per heavy atom. The molecule has 0 aromatic carbocycles. The molecule has 2 N–H and O–H groups in total. The Balaban J connectivity index is 1.54. The SMILES string of the molecule is O=C1CC2(CCN(C(=O)CN3C(=O)CNC3=O)CC2)CN1. The number of imide groups is 1. The lowest BCUT2D eigenvalue weighted by Gasteiger charge is -2.38. The van der Waals surface area contributed by atoms with Crippen LogP contribution >= 0.6 is 0 Å². The molecule has 0 aromatic heterocycles. The van der Waals surface area contributed by atoms with Gasteiger partial charge >= 0.3 is 6.03 Å². The summed E-state index contributed by atoms with van der Waals surface area (Å²) >= 11 is 0. The van der Waals surface area contributed by atoms with E-state index in [-0.39, 0.29) is 36.2 Å². The zero-order valence-corrected chi connectivity index (χ0v) is 11.7. The van der Waals surface area contributed by atoms with Crippen molar-refractivity contribution >= 4 is 23.8 Å². The van der Waals surface area contributed by atoms with Crippen molar-refractivity contribution in [1.82, 2.24) is 20.4 Å². The van der Waals surface area contributed by atoms with E-state index in [1.54, 1.807) is 4.90 Å². The largest absolute Gasteiger partial charge is 0.356 e. The van der Waals surface area contributed by atoms with Gasteiger partial charge in [-0.05, 0) is 18.3 Å². The maximum atomic E-state index is 12.2. The molecule has 0 unspecified atom stereocenters. The average Bonchev–Trinajstić information content (AvgIpc) is 2.97. The van der Waals surface area contributed by atoms with E-state index in [1.165, 1.54) is 0 Å². The van der Waals surface area contributed by atoms with Crippen LogP contribution in [0.25, 0.3) is 0 Å². The predicted octanol–water partition coefficient (Wildman–Crippen LogP) is -1.33. The van der Waals surface area contributed by atoms with Crippen molar-refractivity contribution in [1.29, 1.82) is 0 Å². The number of piperidine rings is 1. The molecule has 5 amide bonds. The minimum atomic E-state index is -0.507. The lowest BCUT2D eigenvalue weighted by molar-refractivity contribution is -0.138. The molecule has 0 radical (unpaired) electrons. The van der Waals surface area contributed by atoms with Crippen molar-refractivity contribution in [3.8, 4) is 0 Å². The lowest BCUT2D eigenvalue weighted by Crippen LogP contribution is -2.48. The standard InChI is InChI=1S/C13H18N4O4/c18-9-5-13(8-15-9)1-3-16(4-2-13)11(20)7-17-10(19)6-14-12(17)21/h1-8H2,(H,14,21)(H,15,18). The summed E-state index contributed by atoms with van der Waals surface area (Å²) in [6.45, 7) is 1.58. The number of hydrogen-bond acceptors (Lipinski definition) is 4. The third-order valence-corrected chi connectivity index (χ3v) is 4.60. The number of nitrogens with zero attached hydrogens (tertiary/aromatic N) is 2. The van der Waals surface area contributed by atoms with E-state index in [0.717, 1.165) is 17.7 Å². The Morgan fingerprint density at radius 3 is 2.38 bits per heavy atom. The third-order valence-electron chi connectivity index (χ3n) is 4.60. The van der Waals surface area contributed by atoms with Gasteiger partial charge in [0.05, 0.1) is 6.54 Å². The van der Waals surface area contributed by atoms with E-state index in [4.69, 9.17) is 0 Å². The molecular formula is C13H18N4O4. The second-order valence-electron chi connectivity index (χ2n) is 5.97. The van der Waals surface area contributed by atoms with Gasteiger partial charge in [0.2, 0.25) is 11.8 Å². The number of nitrogens with one attached hydrogen (secondary N) is 2. The summed E-state index contributed by atoms with van der Waals surface area (Å²) in [6.07, 6.45) is 2.08. The van der Waals surface area contributed by atoms with Crippen LogP contribution in [0.15, 0.2) is 0 Å². The molecule has 0 saturated carbocycles. The molecule has 3 fully saturated rings. The van der Waals surface area contributed by atoms with Crippen LogP contribution in [0.3, 0.4) is 0 Å². The van der Waals surface area contributed by atoms with Crippen LogP contribution in [0, 0.1) is 5.41 Å².